The standard InChI is InChI=1S/C16H22N4/c1-2-5-13(4-1)7-9-18-11-15-12-19-20-16(15)14-6-3-8-17-10-14/h3,6,8,10,12-13,18H,1-2,4-5,7,9,11H2,(H,19,20). The average molecular weight is 270 g/mol. The van der Waals surface area contributed by atoms with E-state index in [-0.39, 0.29) is 0 Å². The summed E-state index contributed by atoms with van der Waals surface area (Å²) in [6.45, 7) is 1.97. The number of nitrogens with zero attached hydrogens (tertiary/aromatic N) is 2. The predicted octanol–water partition coefficient (Wildman–Crippen LogP) is 3.14. The van der Waals surface area contributed by atoms with Gasteiger partial charge >= 0.3 is 0 Å². The van der Waals surface area contributed by atoms with E-state index in [9.17, 15) is 0 Å². The van der Waals surface area contributed by atoms with Crippen LogP contribution in [0.3, 0.4) is 0 Å². The lowest BCUT2D eigenvalue weighted by Crippen LogP contribution is -2.17. The van der Waals surface area contributed by atoms with Gasteiger partial charge in [-0.25, -0.2) is 0 Å². The molecular formula is C16H22N4. The van der Waals surface area contributed by atoms with E-state index in [1.54, 1.807) is 6.20 Å². The van der Waals surface area contributed by atoms with Gasteiger partial charge in [0.05, 0.1) is 11.9 Å². The Morgan fingerprint density at radius 1 is 1.25 bits per heavy atom. The van der Waals surface area contributed by atoms with Gasteiger partial charge in [0.15, 0.2) is 0 Å². The lowest BCUT2D eigenvalue weighted by atomic mass is 10.0. The molecule has 3 rings (SSSR count). The number of nitrogens with one attached hydrogen (secondary N) is 2. The van der Waals surface area contributed by atoms with E-state index in [2.05, 4.69) is 26.6 Å². The fourth-order valence-electron chi connectivity index (χ4n) is 3.03. The molecule has 20 heavy (non-hydrogen) atoms. The number of hydrogen-bond acceptors (Lipinski definition) is 3. The van der Waals surface area contributed by atoms with Crippen molar-refractivity contribution in [3.63, 3.8) is 0 Å². The van der Waals surface area contributed by atoms with Crippen molar-refractivity contribution in [2.24, 2.45) is 5.92 Å². The number of aromatic amines is 1. The zero-order valence-electron chi connectivity index (χ0n) is 11.8. The molecule has 1 saturated carbocycles. The van der Waals surface area contributed by atoms with Crippen molar-refractivity contribution in [3.05, 3.63) is 36.3 Å². The minimum Gasteiger partial charge on any atom is -0.313 e. The molecule has 1 aliphatic carbocycles. The van der Waals surface area contributed by atoms with Crippen LogP contribution < -0.4 is 5.32 Å². The van der Waals surface area contributed by atoms with E-state index in [1.807, 2.05) is 18.5 Å². The second-order valence-corrected chi connectivity index (χ2v) is 5.63. The third-order valence-corrected chi connectivity index (χ3v) is 4.19. The lowest BCUT2D eigenvalue weighted by molar-refractivity contribution is 0.477. The Morgan fingerprint density at radius 2 is 2.15 bits per heavy atom. The normalized spacial score (nSPS) is 15.8. The summed E-state index contributed by atoms with van der Waals surface area (Å²) in [6, 6.07) is 4.01. The van der Waals surface area contributed by atoms with E-state index in [4.69, 9.17) is 0 Å². The molecule has 1 fully saturated rings. The van der Waals surface area contributed by atoms with Crippen LogP contribution in [0.2, 0.25) is 0 Å². The van der Waals surface area contributed by atoms with Gasteiger partial charge in [0.1, 0.15) is 0 Å². The first-order chi connectivity index (χ1) is 9.93. The number of aromatic nitrogens is 3. The van der Waals surface area contributed by atoms with Crippen LogP contribution in [-0.2, 0) is 6.54 Å². The van der Waals surface area contributed by atoms with Crippen LogP contribution >= 0.6 is 0 Å². The van der Waals surface area contributed by atoms with Crippen molar-refractivity contribution in [1.82, 2.24) is 20.5 Å². The second kappa shape index (κ2) is 6.66. The molecule has 2 N–H and O–H groups in total. The molecule has 0 atom stereocenters. The third-order valence-electron chi connectivity index (χ3n) is 4.19. The van der Waals surface area contributed by atoms with Crippen molar-refractivity contribution in [2.45, 2.75) is 38.6 Å². The SMILES string of the molecule is c1cncc(-c2[nH]ncc2CNCCC2CCCC2)c1. The molecule has 0 bridgehead atoms. The Kier molecular flexibility index (Phi) is 4.43. The Balaban J connectivity index is 1.52. The minimum atomic E-state index is 0.868. The molecule has 0 aliphatic heterocycles. The summed E-state index contributed by atoms with van der Waals surface area (Å²) < 4.78 is 0. The van der Waals surface area contributed by atoms with Gasteiger partial charge in [-0.05, 0) is 31.0 Å². The molecular weight excluding hydrogens is 248 g/mol. The lowest BCUT2D eigenvalue weighted by Gasteiger charge is -2.09. The van der Waals surface area contributed by atoms with Crippen molar-refractivity contribution in [3.8, 4) is 11.3 Å². The summed E-state index contributed by atoms with van der Waals surface area (Å²) in [6.07, 6.45) is 12.6. The zero-order valence-corrected chi connectivity index (χ0v) is 11.8. The molecule has 4 nitrogen and oxygen atoms in total. The summed E-state index contributed by atoms with van der Waals surface area (Å²) in [5.41, 5.74) is 3.38. The maximum atomic E-state index is 4.16. The molecule has 0 amide bonds. The highest BCUT2D eigenvalue weighted by Crippen LogP contribution is 2.27. The van der Waals surface area contributed by atoms with Crippen LogP contribution in [-0.4, -0.2) is 21.7 Å². The fraction of sp³-hybridized carbons (Fsp3) is 0.500. The summed E-state index contributed by atoms with van der Waals surface area (Å²) >= 11 is 0. The van der Waals surface area contributed by atoms with Gasteiger partial charge in [0.25, 0.3) is 0 Å². The summed E-state index contributed by atoms with van der Waals surface area (Å²) in [7, 11) is 0. The number of rotatable bonds is 6. The van der Waals surface area contributed by atoms with Gasteiger partial charge in [-0.15, -0.1) is 0 Å². The molecule has 0 unspecified atom stereocenters. The molecule has 0 spiro atoms. The van der Waals surface area contributed by atoms with Crippen LogP contribution in [0.15, 0.2) is 30.7 Å². The third kappa shape index (κ3) is 3.25. The topological polar surface area (TPSA) is 53.6 Å². The fourth-order valence-corrected chi connectivity index (χ4v) is 3.03. The van der Waals surface area contributed by atoms with E-state index in [0.29, 0.717) is 0 Å². The average Bonchev–Trinajstić information content (AvgIpc) is 3.16. The maximum absolute atomic E-state index is 4.16. The first-order valence-electron chi connectivity index (χ1n) is 7.57. The summed E-state index contributed by atoms with van der Waals surface area (Å²) in [5, 5.41) is 10.8. The van der Waals surface area contributed by atoms with Crippen molar-refractivity contribution >= 4 is 0 Å². The van der Waals surface area contributed by atoms with Crippen LogP contribution in [0.1, 0.15) is 37.7 Å². The summed E-state index contributed by atoms with van der Waals surface area (Å²) in [5.74, 6) is 0.949. The maximum Gasteiger partial charge on any atom is 0.0710 e. The molecule has 1 aliphatic rings. The van der Waals surface area contributed by atoms with Crippen LogP contribution in [0.25, 0.3) is 11.3 Å². The molecule has 2 heterocycles. The zero-order chi connectivity index (χ0) is 13.6. The van der Waals surface area contributed by atoms with Crippen molar-refractivity contribution < 1.29 is 0 Å². The molecule has 0 radical (unpaired) electrons. The molecule has 2 aromatic rings. The van der Waals surface area contributed by atoms with Crippen molar-refractivity contribution in [1.29, 1.82) is 0 Å². The van der Waals surface area contributed by atoms with Crippen LogP contribution in [0, 0.1) is 5.92 Å². The van der Waals surface area contributed by atoms with Crippen molar-refractivity contribution in [2.75, 3.05) is 6.54 Å². The van der Waals surface area contributed by atoms with Gasteiger partial charge in [0.2, 0.25) is 0 Å². The number of hydrogen-bond donors (Lipinski definition) is 2. The van der Waals surface area contributed by atoms with Crippen LogP contribution in [0.5, 0.6) is 0 Å². The molecule has 106 valence electrons. The molecule has 0 aromatic carbocycles. The Morgan fingerprint density at radius 3 is 2.95 bits per heavy atom. The van der Waals surface area contributed by atoms with E-state index < -0.39 is 0 Å². The van der Waals surface area contributed by atoms with E-state index in [1.165, 1.54) is 37.7 Å². The molecule has 0 saturated heterocycles. The van der Waals surface area contributed by atoms with Gasteiger partial charge in [-0.1, -0.05) is 25.7 Å². The molecule has 2 aromatic heterocycles. The van der Waals surface area contributed by atoms with Gasteiger partial charge in [-0.2, -0.15) is 5.10 Å². The highest BCUT2D eigenvalue weighted by Gasteiger charge is 2.14. The second-order valence-electron chi connectivity index (χ2n) is 5.63. The Labute approximate surface area is 120 Å². The summed E-state index contributed by atoms with van der Waals surface area (Å²) in [4.78, 5) is 4.16. The first-order valence-corrected chi connectivity index (χ1v) is 7.57. The highest BCUT2D eigenvalue weighted by molar-refractivity contribution is 5.61. The monoisotopic (exact) mass is 270 g/mol. The van der Waals surface area contributed by atoms with E-state index in [0.717, 1.165) is 30.3 Å². The van der Waals surface area contributed by atoms with Gasteiger partial charge in [0, 0.05) is 30.1 Å². The van der Waals surface area contributed by atoms with Crippen LogP contribution in [0.4, 0.5) is 0 Å². The molecule has 4 heteroatoms. The van der Waals surface area contributed by atoms with Gasteiger partial charge in [-0.3, -0.25) is 10.1 Å². The quantitative estimate of drug-likeness (QED) is 0.793. The largest absolute Gasteiger partial charge is 0.313 e. The van der Waals surface area contributed by atoms with Gasteiger partial charge < -0.3 is 5.32 Å². The minimum absolute atomic E-state index is 0.868. The first kappa shape index (κ1) is 13.3. The smallest absolute Gasteiger partial charge is 0.0710 e. The number of H-pyrrole nitrogens is 1. The van der Waals surface area contributed by atoms with E-state index >= 15 is 0 Å². The Hall–Kier alpha value is -1.68. The highest BCUT2D eigenvalue weighted by atomic mass is 15.1. The Bertz CT molecular complexity index is 514. The predicted molar refractivity (Wildman–Crippen MR) is 80.1 cm³/mol. The number of pyridine rings is 1.